The lowest BCUT2D eigenvalue weighted by Gasteiger charge is -2.34. The lowest BCUT2D eigenvalue weighted by molar-refractivity contribution is 0.221. The quantitative estimate of drug-likeness (QED) is 0.867. The van der Waals surface area contributed by atoms with Crippen molar-refractivity contribution in [2.24, 2.45) is 11.8 Å². The molecule has 1 aromatic carbocycles. The van der Waals surface area contributed by atoms with Crippen LogP contribution in [-0.2, 0) is 0 Å². The summed E-state index contributed by atoms with van der Waals surface area (Å²) in [6.07, 6.45) is 6.20. The third kappa shape index (κ3) is 3.32. The molecule has 0 aromatic heterocycles. The normalized spacial score (nSPS) is 24.4. The Bertz CT molecular complexity index is 427. The zero-order valence-electron chi connectivity index (χ0n) is 12.8. The molecule has 1 aromatic rings. The molecular formula is C17H26FNO. The zero-order valence-corrected chi connectivity index (χ0v) is 12.8. The van der Waals surface area contributed by atoms with Gasteiger partial charge < -0.3 is 10.1 Å². The minimum atomic E-state index is -0.165. The predicted molar refractivity (Wildman–Crippen MR) is 80.5 cm³/mol. The summed E-state index contributed by atoms with van der Waals surface area (Å²) in [6.45, 7) is 2.27. The molecule has 0 bridgehead atoms. The topological polar surface area (TPSA) is 21.3 Å². The van der Waals surface area contributed by atoms with Crippen LogP contribution in [0.4, 0.5) is 4.39 Å². The highest BCUT2D eigenvalue weighted by molar-refractivity contribution is 5.31. The molecule has 0 heterocycles. The Morgan fingerprint density at radius 2 is 2.00 bits per heavy atom. The van der Waals surface area contributed by atoms with Gasteiger partial charge in [0.2, 0.25) is 0 Å². The van der Waals surface area contributed by atoms with Crippen molar-refractivity contribution in [3.63, 3.8) is 0 Å². The molecule has 0 saturated heterocycles. The van der Waals surface area contributed by atoms with E-state index in [0.29, 0.717) is 11.7 Å². The highest BCUT2D eigenvalue weighted by atomic mass is 19.1. The minimum absolute atomic E-state index is 0.110. The smallest absolute Gasteiger partial charge is 0.131 e. The predicted octanol–water partition coefficient (Wildman–Crippen LogP) is 4.31. The maximum absolute atomic E-state index is 14.3. The highest BCUT2D eigenvalue weighted by Crippen LogP contribution is 2.38. The van der Waals surface area contributed by atoms with Crippen LogP contribution in [0.25, 0.3) is 0 Å². The van der Waals surface area contributed by atoms with E-state index in [1.54, 1.807) is 7.11 Å². The molecule has 0 aliphatic heterocycles. The molecule has 1 N–H and O–H groups in total. The summed E-state index contributed by atoms with van der Waals surface area (Å²) in [7, 11) is 3.50. The van der Waals surface area contributed by atoms with E-state index in [1.807, 2.05) is 19.2 Å². The number of methoxy groups -OCH3 is 1. The summed E-state index contributed by atoms with van der Waals surface area (Å²) >= 11 is 0. The van der Waals surface area contributed by atoms with Crippen molar-refractivity contribution in [2.75, 3.05) is 14.2 Å². The minimum Gasteiger partial charge on any atom is -0.497 e. The first-order valence-electron chi connectivity index (χ1n) is 7.70. The Balaban J connectivity index is 2.12. The van der Waals surface area contributed by atoms with E-state index in [1.165, 1.54) is 38.2 Å². The second-order valence-electron chi connectivity index (χ2n) is 5.84. The van der Waals surface area contributed by atoms with Gasteiger partial charge in [-0.25, -0.2) is 4.39 Å². The number of hydrogen-bond acceptors (Lipinski definition) is 2. The SMILES string of the molecule is CCC1CCC(C(NC)c2ccc(OC)cc2F)CC1. The fraction of sp³-hybridized carbons (Fsp3) is 0.647. The van der Waals surface area contributed by atoms with E-state index >= 15 is 0 Å². The van der Waals surface area contributed by atoms with E-state index in [0.717, 1.165) is 11.5 Å². The van der Waals surface area contributed by atoms with Gasteiger partial charge in [0.05, 0.1) is 7.11 Å². The third-order valence-corrected chi connectivity index (χ3v) is 4.79. The van der Waals surface area contributed by atoms with Crippen LogP contribution in [0.2, 0.25) is 0 Å². The van der Waals surface area contributed by atoms with Gasteiger partial charge in [-0.15, -0.1) is 0 Å². The van der Waals surface area contributed by atoms with Gasteiger partial charge in [0, 0.05) is 17.7 Å². The molecule has 1 fully saturated rings. The summed E-state index contributed by atoms with van der Waals surface area (Å²) in [5.74, 6) is 1.81. The van der Waals surface area contributed by atoms with Gasteiger partial charge >= 0.3 is 0 Å². The summed E-state index contributed by atoms with van der Waals surface area (Å²) < 4.78 is 19.3. The average molecular weight is 279 g/mol. The number of nitrogens with one attached hydrogen (secondary N) is 1. The van der Waals surface area contributed by atoms with Gasteiger partial charge in [-0.3, -0.25) is 0 Å². The van der Waals surface area contributed by atoms with Gasteiger partial charge in [0.1, 0.15) is 11.6 Å². The monoisotopic (exact) mass is 279 g/mol. The van der Waals surface area contributed by atoms with Crippen molar-refractivity contribution >= 4 is 0 Å². The van der Waals surface area contributed by atoms with Gasteiger partial charge in [-0.1, -0.05) is 32.3 Å². The molecule has 20 heavy (non-hydrogen) atoms. The van der Waals surface area contributed by atoms with Crippen molar-refractivity contribution in [3.05, 3.63) is 29.6 Å². The summed E-state index contributed by atoms with van der Waals surface area (Å²) in [5.41, 5.74) is 0.772. The van der Waals surface area contributed by atoms with Crippen LogP contribution in [0.15, 0.2) is 18.2 Å². The zero-order chi connectivity index (χ0) is 14.5. The van der Waals surface area contributed by atoms with Gasteiger partial charge in [-0.2, -0.15) is 0 Å². The molecule has 2 nitrogen and oxygen atoms in total. The Morgan fingerprint density at radius 1 is 1.30 bits per heavy atom. The summed E-state index contributed by atoms with van der Waals surface area (Å²) in [6, 6.07) is 5.30. The second kappa shape index (κ2) is 7.07. The van der Waals surface area contributed by atoms with Gasteiger partial charge in [0.25, 0.3) is 0 Å². The average Bonchev–Trinajstić information content (AvgIpc) is 2.50. The van der Waals surface area contributed by atoms with Gasteiger partial charge in [-0.05, 0) is 37.8 Å². The first kappa shape index (κ1) is 15.3. The standard InChI is InChI=1S/C17H26FNO/c1-4-12-5-7-13(8-6-12)17(19-2)15-10-9-14(20-3)11-16(15)18/h9-13,17,19H,4-8H2,1-3H3. The maximum atomic E-state index is 14.3. The molecular weight excluding hydrogens is 253 g/mol. The molecule has 0 amide bonds. The summed E-state index contributed by atoms with van der Waals surface area (Å²) in [5, 5.41) is 3.32. The second-order valence-corrected chi connectivity index (χ2v) is 5.84. The number of ether oxygens (including phenoxy) is 1. The van der Waals surface area contributed by atoms with Crippen LogP contribution in [0.1, 0.15) is 50.6 Å². The number of rotatable bonds is 5. The van der Waals surface area contributed by atoms with E-state index in [-0.39, 0.29) is 11.9 Å². The third-order valence-electron chi connectivity index (χ3n) is 4.79. The molecule has 2 rings (SSSR count). The van der Waals surface area contributed by atoms with E-state index in [2.05, 4.69) is 12.2 Å². The molecule has 1 unspecified atom stereocenters. The fourth-order valence-corrected chi connectivity index (χ4v) is 3.46. The Hall–Kier alpha value is -1.09. The first-order chi connectivity index (χ1) is 9.69. The van der Waals surface area contributed by atoms with Crippen molar-refractivity contribution in [1.29, 1.82) is 0 Å². The van der Waals surface area contributed by atoms with Gasteiger partial charge in [0.15, 0.2) is 0 Å². The van der Waals surface area contributed by atoms with Crippen LogP contribution < -0.4 is 10.1 Å². The Morgan fingerprint density at radius 3 is 2.50 bits per heavy atom. The molecule has 1 aliphatic carbocycles. The van der Waals surface area contributed by atoms with Crippen LogP contribution in [0.5, 0.6) is 5.75 Å². The van der Waals surface area contributed by atoms with Crippen molar-refractivity contribution in [1.82, 2.24) is 5.32 Å². The Labute approximate surface area is 121 Å². The number of benzene rings is 1. The molecule has 0 radical (unpaired) electrons. The van der Waals surface area contributed by atoms with Crippen molar-refractivity contribution in [2.45, 2.75) is 45.1 Å². The van der Waals surface area contributed by atoms with Crippen molar-refractivity contribution in [3.8, 4) is 5.75 Å². The molecule has 1 saturated carbocycles. The molecule has 0 spiro atoms. The van der Waals surface area contributed by atoms with Crippen LogP contribution in [0.3, 0.4) is 0 Å². The molecule has 112 valence electrons. The highest BCUT2D eigenvalue weighted by Gasteiger charge is 2.28. The van der Waals surface area contributed by atoms with E-state index < -0.39 is 0 Å². The van der Waals surface area contributed by atoms with Crippen LogP contribution in [0, 0.1) is 17.7 Å². The summed E-state index contributed by atoms with van der Waals surface area (Å²) in [4.78, 5) is 0. The Kier molecular flexibility index (Phi) is 5.41. The largest absolute Gasteiger partial charge is 0.497 e. The van der Waals surface area contributed by atoms with Crippen LogP contribution >= 0.6 is 0 Å². The van der Waals surface area contributed by atoms with E-state index in [4.69, 9.17) is 4.74 Å². The molecule has 3 heteroatoms. The molecule has 1 aliphatic rings. The number of hydrogen-bond donors (Lipinski definition) is 1. The first-order valence-corrected chi connectivity index (χ1v) is 7.70. The lowest BCUT2D eigenvalue weighted by atomic mass is 9.76. The van der Waals surface area contributed by atoms with Crippen molar-refractivity contribution < 1.29 is 9.13 Å². The van der Waals surface area contributed by atoms with E-state index in [9.17, 15) is 4.39 Å². The maximum Gasteiger partial charge on any atom is 0.131 e. The number of halogens is 1. The molecule has 1 atom stereocenters. The fourth-order valence-electron chi connectivity index (χ4n) is 3.46. The van der Waals surface area contributed by atoms with Crippen LogP contribution in [-0.4, -0.2) is 14.2 Å². The lowest BCUT2D eigenvalue weighted by Crippen LogP contribution is -2.29.